The normalized spacial score (nSPS) is 15.7. The number of aromatic nitrogens is 2. The maximum atomic E-state index is 12.6. The fraction of sp³-hybridized carbons (Fsp3) is 0.476. The van der Waals surface area contributed by atoms with Gasteiger partial charge in [0, 0.05) is 33.3 Å². The number of hydrogen-bond donors (Lipinski definition) is 1. The zero-order chi connectivity index (χ0) is 20.6. The molecule has 1 aliphatic heterocycles. The van der Waals surface area contributed by atoms with Crippen LogP contribution in [0.5, 0.6) is 0 Å². The van der Waals surface area contributed by atoms with Gasteiger partial charge >= 0.3 is 0 Å². The van der Waals surface area contributed by atoms with Crippen molar-refractivity contribution >= 4 is 17.6 Å². The molecule has 1 saturated heterocycles. The molecule has 8 heteroatoms. The van der Waals surface area contributed by atoms with Gasteiger partial charge in [0.25, 0.3) is 0 Å². The second-order valence-corrected chi connectivity index (χ2v) is 7.60. The smallest absolute Gasteiger partial charge is 0.239 e. The molecule has 1 fully saturated rings. The molecule has 1 aromatic heterocycles. The zero-order valence-corrected chi connectivity index (χ0v) is 17.3. The third-order valence-corrected chi connectivity index (χ3v) is 5.07. The van der Waals surface area contributed by atoms with E-state index >= 15 is 0 Å². The molecule has 0 spiro atoms. The Morgan fingerprint density at radius 1 is 1.00 bits per heavy atom. The van der Waals surface area contributed by atoms with Crippen LogP contribution in [-0.2, 0) is 16.1 Å². The van der Waals surface area contributed by atoms with Crippen molar-refractivity contribution in [2.24, 2.45) is 0 Å². The fourth-order valence-electron chi connectivity index (χ4n) is 3.38. The molecule has 2 heterocycles. The van der Waals surface area contributed by atoms with Crippen LogP contribution in [0.4, 0.5) is 5.82 Å². The van der Waals surface area contributed by atoms with Crippen LogP contribution >= 0.6 is 0 Å². The first-order valence-corrected chi connectivity index (χ1v) is 10.0. The number of benzene rings is 1. The molecule has 8 nitrogen and oxygen atoms in total. The van der Waals surface area contributed by atoms with Crippen LogP contribution in [0.3, 0.4) is 0 Å². The van der Waals surface area contributed by atoms with E-state index < -0.39 is 0 Å². The molecule has 0 saturated carbocycles. The molecule has 1 N–H and O–H groups in total. The van der Waals surface area contributed by atoms with E-state index in [1.807, 2.05) is 36.4 Å². The van der Waals surface area contributed by atoms with E-state index in [2.05, 4.69) is 20.2 Å². The van der Waals surface area contributed by atoms with Crippen LogP contribution in [0.25, 0.3) is 0 Å². The van der Waals surface area contributed by atoms with Crippen molar-refractivity contribution in [3.05, 3.63) is 48.2 Å². The first kappa shape index (κ1) is 21.0. The second kappa shape index (κ2) is 10.2. The van der Waals surface area contributed by atoms with Crippen molar-refractivity contribution in [2.45, 2.75) is 13.0 Å². The number of carbonyl (C=O) groups is 2. The standard InChI is InChI=1S/C21H30N6O2/c1-24(2)21(29)17-26-12-6-11-25(13-14-26)16-20(28)23-19-9-10-22-27(19)15-18-7-4-3-5-8-18/h3-5,7-10H,6,11-17H2,1-2H3,(H,23,28). The first-order valence-electron chi connectivity index (χ1n) is 10.0. The number of nitrogens with zero attached hydrogens (tertiary/aromatic N) is 5. The summed E-state index contributed by atoms with van der Waals surface area (Å²) in [6, 6.07) is 11.9. The summed E-state index contributed by atoms with van der Waals surface area (Å²) in [7, 11) is 3.55. The molecule has 0 unspecified atom stereocenters. The lowest BCUT2D eigenvalue weighted by Crippen LogP contribution is -2.40. The van der Waals surface area contributed by atoms with Gasteiger partial charge in [0.1, 0.15) is 5.82 Å². The highest BCUT2D eigenvalue weighted by molar-refractivity contribution is 5.91. The Hall–Kier alpha value is -2.71. The Balaban J connectivity index is 1.49. The molecular formula is C21H30N6O2. The van der Waals surface area contributed by atoms with Gasteiger partial charge in [0.15, 0.2) is 0 Å². The van der Waals surface area contributed by atoms with E-state index in [4.69, 9.17) is 0 Å². The number of amides is 2. The number of carbonyl (C=O) groups excluding carboxylic acids is 2. The number of anilines is 1. The maximum Gasteiger partial charge on any atom is 0.239 e. The maximum absolute atomic E-state index is 12.6. The molecule has 0 bridgehead atoms. The highest BCUT2D eigenvalue weighted by Gasteiger charge is 2.19. The highest BCUT2D eigenvalue weighted by Crippen LogP contribution is 2.11. The zero-order valence-electron chi connectivity index (χ0n) is 17.3. The number of nitrogens with one attached hydrogen (secondary N) is 1. The van der Waals surface area contributed by atoms with E-state index in [0.717, 1.165) is 38.2 Å². The van der Waals surface area contributed by atoms with E-state index in [9.17, 15) is 9.59 Å². The lowest BCUT2D eigenvalue weighted by atomic mass is 10.2. The lowest BCUT2D eigenvalue weighted by molar-refractivity contribution is -0.129. The number of likely N-dealkylation sites (N-methyl/N-ethyl adjacent to an activating group) is 1. The molecule has 2 amide bonds. The summed E-state index contributed by atoms with van der Waals surface area (Å²) in [5.41, 5.74) is 1.13. The Kier molecular flexibility index (Phi) is 7.37. The molecule has 2 aromatic rings. The van der Waals surface area contributed by atoms with Crippen molar-refractivity contribution in [1.82, 2.24) is 24.5 Å². The van der Waals surface area contributed by atoms with Crippen molar-refractivity contribution < 1.29 is 9.59 Å². The minimum Gasteiger partial charge on any atom is -0.348 e. The largest absolute Gasteiger partial charge is 0.348 e. The van der Waals surface area contributed by atoms with Crippen LogP contribution in [0.2, 0.25) is 0 Å². The Bertz CT molecular complexity index is 805. The van der Waals surface area contributed by atoms with Gasteiger partial charge in [-0.3, -0.25) is 19.4 Å². The van der Waals surface area contributed by atoms with Gasteiger partial charge in [-0.05, 0) is 25.1 Å². The molecule has 0 aliphatic carbocycles. The topological polar surface area (TPSA) is 73.7 Å². The van der Waals surface area contributed by atoms with E-state index in [-0.39, 0.29) is 11.8 Å². The third-order valence-electron chi connectivity index (χ3n) is 5.07. The molecule has 156 valence electrons. The third kappa shape index (κ3) is 6.40. The van der Waals surface area contributed by atoms with Gasteiger partial charge in [-0.1, -0.05) is 30.3 Å². The summed E-state index contributed by atoms with van der Waals surface area (Å²) < 4.78 is 1.80. The van der Waals surface area contributed by atoms with Gasteiger partial charge in [-0.15, -0.1) is 0 Å². The van der Waals surface area contributed by atoms with Crippen LogP contribution in [0, 0.1) is 0 Å². The molecule has 0 atom stereocenters. The van der Waals surface area contributed by atoms with Gasteiger partial charge < -0.3 is 10.2 Å². The average Bonchev–Trinajstić information content (AvgIpc) is 3.00. The monoisotopic (exact) mass is 398 g/mol. The Morgan fingerprint density at radius 3 is 2.38 bits per heavy atom. The van der Waals surface area contributed by atoms with Crippen LogP contribution in [-0.4, -0.2) is 89.7 Å². The predicted octanol–water partition coefficient (Wildman–Crippen LogP) is 0.966. The summed E-state index contributed by atoms with van der Waals surface area (Å²) in [5.74, 6) is 0.771. The molecule has 1 aliphatic rings. The Morgan fingerprint density at radius 2 is 1.69 bits per heavy atom. The minimum absolute atomic E-state index is 0.0439. The predicted molar refractivity (Wildman–Crippen MR) is 113 cm³/mol. The molecule has 1 aromatic carbocycles. The molecule has 29 heavy (non-hydrogen) atoms. The van der Waals surface area contributed by atoms with Crippen molar-refractivity contribution in [1.29, 1.82) is 0 Å². The molecule has 3 rings (SSSR count). The van der Waals surface area contributed by atoms with Crippen LogP contribution in [0.1, 0.15) is 12.0 Å². The van der Waals surface area contributed by atoms with Gasteiger partial charge in [0.05, 0.1) is 25.8 Å². The van der Waals surface area contributed by atoms with Crippen molar-refractivity contribution in [2.75, 3.05) is 58.7 Å². The summed E-state index contributed by atoms with van der Waals surface area (Å²) in [6.07, 6.45) is 2.64. The van der Waals surface area contributed by atoms with E-state index in [1.165, 1.54) is 0 Å². The summed E-state index contributed by atoms with van der Waals surface area (Å²) in [4.78, 5) is 30.4. The Labute approximate surface area is 172 Å². The summed E-state index contributed by atoms with van der Waals surface area (Å²) >= 11 is 0. The van der Waals surface area contributed by atoms with Crippen molar-refractivity contribution in [3.8, 4) is 0 Å². The van der Waals surface area contributed by atoms with Gasteiger partial charge in [-0.25, -0.2) is 4.68 Å². The average molecular weight is 399 g/mol. The van der Waals surface area contributed by atoms with E-state index in [1.54, 1.807) is 29.9 Å². The van der Waals surface area contributed by atoms with Crippen molar-refractivity contribution in [3.63, 3.8) is 0 Å². The van der Waals surface area contributed by atoms with Gasteiger partial charge in [0.2, 0.25) is 11.8 Å². The first-order chi connectivity index (χ1) is 14.0. The fourth-order valence-corrected chi connectivity index (χ4v) is 3.38. The number of hydrogen-bond acceptors (Lipinski definition) is 5. The highest BCUT2D eigenvalue weighted by atomic mass is 16.2. The lowest BCUT2D eigenvalue weighted by Gasteiger charge is -2.22. The van der Waals surface area contributed by atoms with Crippen LogP contribution in [0.15, 0.2) is 42.6 Å². The van der Waals surface area contributed by atoms with Gasteiger partial charge in [-0.2, -0.15) is 5.10 Å². The van der Waals surface area contributed by atoms with Crippen LogP contribution < -0.4 is 5.32 Å². The minimum atomic E-state index is -0.0439. The quantitative estimate of drug-likeness (QED) is 0.752. The molecule has 0 radical (unpaired) electrons. The summed E-state index contributed by atoms with van der Waals surface area (Å²) in [6.45, 7) is 4.68. The summed E-state index contributed by atoms with van der Waals surface area (Å²) in [5, 5.41) is 7.31. The molecular weight excluding hydrogens is 368 g/mol. The SMILES string of the molecule is CN(C)C(=O)CN1CCCN(CC(=O)Nc2ccnn2Cc2ccccc2)CC1. The number of rotatable bonds is 7. The van der Waals surface area contributed by atoms with E-state index in [0.29, 0.717) is 25.5 Å². The second-order valence-electron chi connectivity index (χ2n) is 7.60.